The molecule has 1 heterocycles. The van der Waals surface area contributed by atoms with Crippen molar-refractivity contribution in [2.75, 3.05) is 26.2 Å². The second-order valence-corrected chi connectivity index (χ2v) is 7.98. The van der Waals surface area contributed by atoms with Crippen molar-refractivity contribution in [3.8, 4) is 5.75 Å². The predicted octanol–water partition coefficient (Wildman–Crippen LogP) is 3.68. The monoisotopic (exact) mass is 378 g/mol. The van der Waals surface area contributed by atoms with Gasteiger partial charge in [0.05, 0.1) is 0 Å². The van der Waals surface area contributed by atoms with Crippen molar-refractivity contribution in [2.24, 2.45) is 0 Å². The molecule has 0 spiro atoms. The molecule has 1 aliphatic heterocycles. The summed E-state index contributed by atoms with van der Waals surface area (Å²) in [5.74, 6) is 0.918. The van der Waals surface area contributed by atoms with Gasteiger partial charge in [-0.25, -0.2) is 0 Å². The van der Waals surface area contributed by atoms with E-state index in [1.54, 1.807) is 0 Å². The highest BCUT2D eigenvalue weighted by atomic mass is 16.5. The summed E-state index contributed by atoms with van der Waals surface area (Å²) < 4.78 is 6.01. The third-order valence-electron chi connectivity index (χ3n) is 5.91. The van der Waals surface area contributed by atoms with Gasteiger partial charge < -0.3 is 9.64 Å². The number of benzene rings is 2. The second-order valence-electron chi connectivity index (χ2n) is 7.98. The number of nitrogens with zero attached hydrogens (tertiary/aromatic N) is 2. The van der Waals surface area contributed by atoms with E-state index in [-0.39, 0.29) is 5.91 Å². The molecule has 1 fully saturated rings. The van der Waals surface area contributed by atoms with Gasteiger partial charge in [0.25, 0.3) is 5.91 Å². The lowest BCUT2D eigenvalue weighted by molar-refractivity contribution is -0.139. The first kappa shape index (κ1) is 19.0. The smallest absolute Gasteiger partial charge is 0.263 e. The number of aryl methyl sites for hydroxylation is 2. The standard InChI is InChI=1S/C24H30N2O2/c1-19(28-23-12-11-21-9-5-6-10-22(21)17-23)24(27)26-15-13-25(14-16-26)18-20-7-3-2-4-8-20/h2-4,7-8,11-12,17,19H,5-6,9-10,13-16,18H2,1H3. The molecule has 0 radical (unpaired) electrons. The van der Waals surface area contributed by atoms with Crippen molar-refractivity contribution < 1.29 is 9.53 Å². The maximum Gasteiger partial charge on any atom is 0.263 e. The maximum absolute atomic E-state index is 12.8. The summed E-state index contributed by atoms with van der Waals surface area (Å²) in [6.07, 6.45) is 4.37. The van der Waals surface area contributed by atoms with Gasteiger partial charge in [-0.1, -0.05) is 36.4 Å². The minimum absolute atomic E-state index is 0.0945. The average Bonchev–Trinajstić information content (AvgIpc) is 2.74. The first-order chi connectivity index (χ1) is 13.7. The van der Waals surface area contributed by atoms with Crippen LogP contribution in [0.1, 0.15) is 36.5 Å². The number of hydrogen-bond acceptors (Lipinski definition) is 3. The van der Waals surface area contributed by atoms with Gasteiger partial charge in [0, 0.05) is 32.7 Å². The van der Waals surface area contributed by atoms with Crippen LogP contribution in [0.5, 0.6) is 5.75 Å². The Balaban J connectivity index is 1.29. The fourth-order valence-corrected chi connectivity index (χ4v) is 4.26. The van der Waals surface area contributed by atoms with E-state index in [0.717, 1.165) is 51.3 Å². The Hall–Kier alpha value is -2.33. The molecule has 4 nitrogen and oxygen atoms in total. The van der Waals surface area contributed by atoms with Crippen molar-refractivity contribution in [1.82, 2.24) is 9.80 Å². The van der Waals surface area contributed by atoms with Crippen molar-refractivity contribution in [3.63, 3.8) is 0 Å². The van der Waals surface area contributed by atoms with Crippen molar-refractivity contribution in [3.05, 3.63) is 65.2 Å². The van der Waals surface area contributed by atoms with Gasteiger partial charge >= 0.3 is 0 Å². The van der Waals surface area contributed by atoms with Gasteiger partial charge in [-0.15, -0.1) is 0 Å². The molecule has 1 amide bonds. The van der Waals surface area contributed by atoms with Crippen molar-refractivity contribution in [1.29, 1.82) is 0 Å². The Bertz CT molecular complexity index is 798. The molecule has 0 N–H and O–H groups in total. The highest BCUT2D eigenvalue weighted by molar-refractivity contribution is 5.81. The summed E-state index contributed by atoms with van der Waals surface area (Å²) in [5.41, 5.74) is 4.15. The van der Waals surface area contributed by atoms with Crippen molar-refractivity contribution in [2.45, 2.75) is 45.3 Å². The molecule has 1 aliphatic carbocycles. The minimum Gasteiger partial charge on any atom is -0.481 e. The molecule has 2 aromatic rings. The summed E-state index contributed by atoms with van der Waals surface area (Å²) in [6, 6.07) is 16.8. The van der Waals surface area contributed by atoms with Crippen LogP contribution in [0.15, 0.2) is 48.5 Å². The Morgan fingerprint density at radius 3 is 2.43 bits per heavy atom. The van der Waals surface area contributed by atoms with Crippen LogP contribution in [0.2, 0.25) is 0 Å². The summed E-state index contributed by atoms with van der Waals surface area (Å²) in [6.45, 7) is 6.17. The van der Waals surface area contributed by atoms with Crippen molar-refractivity contribution >= 4 is 5.91 Å². The maximum atomic E-state index is 12.8. The van der Waals surface area contributed by atoms with Gasteiger partial charge in [-0.3, -0.25) is 9.69 Å². The Labute approximate surface area is 168 Å². The molecule has 4 rings (SSSR count). The topological polar surface area (TPSA) is 32.8 Å². The van der Waals surface area contributed by atoms with E-state index in [1.165, 1.54) is 29.5 Å². The third kappa shape index (κ3) is 4.56. The highest BCUT2D eigenvalue weighted by Gasteiger charge is 2.26. The van der Waals surface area contributed by atoms with E-state index in [2.05, 4.69) is 41.3 Å². The van der Waals surface area contributed by atoms with Gasteiger partial charge in [0.15, 0.2) is 6.10 Å². The highest BCUT2D eigenvalue weighted by Crippen LogP contribution is 2.26. The number of carbonyl (C=O) groups is 1. The zero-order chi connectivity index (χ0) is 19.3. The second kappa shape index (κ2) is 8.78. The van der Waals surface area contributed by atoms with Crippen LogP contribution >= 0.6 is 0 Å². The lowest BCUT2D eigenvalue weighted by atomic mass is 9.92. The number of amides is 1. The summed E-state index contributed by atoms with van der Waals surface area (Å²) in [5, 5.41) is 0. The van der Waals surface area contributed by atoms with Crippen LogP contribution < -0.4 is 4.74 Å². The number of carbonyl (C=O) groups excluding carboxylic acids is 1. The molecule has 1 saturated heterocycles. The number of fused-ring (bicyclic) bond motifs is 1. The summed E-state index contributed by atoms with van der Waals surface area (Å²) >= 11 is 0. The molecule has 0 bridgehead atoms. The first-order valence-corrected chi connectivity index (χ1v) is 10.5. The van der Waals surface area contributed by atoms with Gasteiger partial charge in [-0.2, -0.15) is 0 Å². The fourth-order valence-electron chi connectivity index (χ4n) is 4.26. The molecule has 148 valence electrons. The van der Waals surface area contributed by atoms with E-state index < -0.39 is 6.10 Å². The molecule has 4 heteroatoms. The summed E-state index contributed by atoms with van der Waals surface area (Å²) in [7, 11) is 0. The molecule has 0 saturated carbocycles. The fraction of sp³-hybridized carbons (Fsp3) is 0.458. The molecule has 2 aromatic carbocycles. The van der Waals surface area contributed by atoms with E-state index in [1.807, 2.05) is 24.0 Å². The summed E-state index contributed by atoms with van der Waals surface area (Å²) in [4.78, 5) is 17.2. The molecule has 1 atom stereocenters. The lowest BCUT2D eigenvalue weighted by Gasteiger charge is -2.36. The number of piperazine rings is 1. The normalized spacial score (nSPS) is 18.4. The Morgan fingerprint density at radius 2 is 1.68 bits per heavy atom. The van der Waals surface area contributed by atoms with Gasteiger partial charge in [0.2, 0.25) is 0 Å². The SMILES string of the molecule is CC(Oc1ccc2c(c1)CCCC2)C(=O)N1CCN(Cc2ccccc2)CC1. The van der Waals surface area contributed by atoms with Gasteiger partial charge in [-0.05, 0) is 61.4 Å². The zero-order valence-corrected chi connectivity index (χ0v) is 16.8. The Morgan fingerprint density at radius 1 is 0.964 bits per heavy atom. The van der Waals surface area contributed by atoms with Crippen LogP contribution in [0.25, 0.3) is 0 Å². The van der Waals surface area contributed by atoms with E-state index in [4.69, 9.17) is 4.74 Å². The lowest BCUT2D eigenvalue weighted by Crippen LogP contribution is -2.51. The molecular weight excluding hydrogens is 348 g/mol. The van der Waals surface area contributed by atoms with Gasteiger partial charge in [0.1, 0.15) is 5.75 Å². The molecule has 1 unspecified atom stereocenters. The number of rotatable bonds is 5. The molecular formula is C24H30N2O2. The zero-order valence-electron chi connectivity index (χ0n) is 16.8. The Kier molecular flexibility index (Phi) is 5.96. The van der Waals surface area contributed by atoms with E-state index in [0.29, 0.717) is 0 Å². The van der Waals surface area contributed by atoms with Crippen LogP contribution in [-0.4, -0.2) is 48.0 Å². The quantitative estimate of drug-likeness (QED) is 0.796. The average molecular weight is 379 g/mol. The first-order valence-electron chi connectivity index (χ1n) is 10.5. The van der Waals surface area contributed by atoms with Crippen LogP contribution in [0.3, 0.4) is 0 Å². The molecule has 2 aliphatic rings. The largest absolute Gasteiger partial charge is 0.481 e. The molecule has 28 heavy (non-hydrogen) atoms. The van der Waals surface area contributed by atoms with Crippen LogP contribution in [-0.2, 0) is 24.2 Å². The van der Waals surface area contributed by atoms with Crippen LogP contribution in [0.4, 0.5) is 0 Å². The molecule has 0 aromatic heterocycles. The van der Waals surface area contributed by atoms with Crippen LogP contribution in [0, 0.1) is 0 Å². The van der Waals surface area contributed by atoms with E-state index >= 15 is 0 Å². The predicted molar refractivity (Wildman–Crippen MR) is 111 cm³/mol. The number of hydrogen-bond donors (Lipinski definition) is 0. The van der Waals surface area contributed by atoms with E-state index in [9.17, 15) is 4.79 Å². The third-order valence-corrected chi connectivity index (χ3v) is 5.91. The minimum atomic E-state index is -0.442. The number of ether oxygens (including phenoxy) is 1.